The predicted molar refractivity (Wildman–Crippen MR) is 81.1 cm³/mol. The van der Waals surface area contributed by atoms with Crippen LogP contribution >= 0.6 is 0 Å². The van der Waals surface area contributed by atoms with Crippen LogP contribution in [0, 0.1) is 10.1 Å². The minimum atomic E-state index is -0.382. The van der Waals surface area contributed by atoms with E-state index in [-0.39, 0.29) is 16.7 Å². The zero-order valence-electron chi connectivity index (χ0n) is 12.2. The van der Waals surface area contributed by atoms with Crippen LogP contribution in [0.2, 0.25) is 0 Å². The number of hydrogen-bond acceptors (Lipinski definition) is 5. The van der Waals surface area contributed by atoms with Gasteiger partial charge in [0.15, 0.2) is 0 Å². The van der Waals surface area contributed by atoms with E-state index in [2.05, 4.69) is 10.2 Å². The number of nitrogens with zero attached hydrogens (tertiary/aromatic N) is 2. The van der Waals surface area contributed by atoms with Crippen LogP contribution < -0.4 is 5.32 Å². The molecule has 6 nitrogen and oxygen atoms in total. The van der Waals surface area contributed by atoms with Crippen molar-refractivity contribution in [3.8, 4) is 0 Å². The molecule has 1 aromatic carbocycles. The Balaban J connectivity index is 1.58. The highest BCUT2D eigenvalue weighted by Gasteiger charge is 2.15. The van der Waals surface area contributed by atoms with Gasteiger partial charge in [-0.3, -0.25) is 10.1 Å². The van der Waals surface area contributed by atoms with E-state index < -0.39 is 0 Å². The van der Waals surface area contributed by atoms with E-state index in [0.717, 1.165) is 57.5 Å². The topological polar surface area (TPSA) is 78.6 Å². The van der Waals surface area contributed by atoms with E-state index in [9.17, 15) is 15.2 Å². The molecule has 1 aliphatic rings. The maximum Gasteiger partial charge on any atom is 0.269 e. The number of benzene rings is 1. The molecule has 2 N–H and O–H groups in total. The lowest BCUT2D eigenvalue weighted by molar-refractivity contribution is -0.384. The third kappa shape index (κ3) is 5.41. The van der Waals surface area contributed by atoms with Crippen molar-refractivity contribution in [2.45, 2.75) is 31.9 Å². The summed E-state index contributed by atoms with van der Waals surface area (Å²) in [6, 6.07) is 6.65. The van der Waals surface area contributed by atoms with Crippen LogP contribution in [0.5, 0.6) is 0 Å². The summed E-state index contributed by atoms with van der Waals surface area (Å²) in [4.78, 5) is 12.6. The van der Waals surface area contributed by atoms with Gasteiger partial charge in [-0.15, -0.1) is 0 Å². The van der Waals surface area contributed by atoms with Crippen molar-refractivity contribution in [3.63, 3.8) is 0 Å². The van der Waals surface area contributed by atoms with Gasteiger partial charge in [-0.1, -0.05) is 12.1 Å². The first-order valence-corrected chi connectivity index (χ1v) is 7.49. The molecule has 0 radical (unpaired) electrons. The second kappa shape index (κ2) is 8.07. The third-order valence-corrected chi connectivity index (χ3v) is 3.86. The van der Waals surface area contributed by atoms with Gasteiger partial charge < -0.3 is 15.3 Å². The van der Waals surface area contributed by atoms with Gasteiger partial charge in [-0.25, -0.2) is 0 Å². The first-order chi connectivity index (χ1) is 10.1. The lowest BCUT2D eigenvalue weighted by atomic mass is 10.1. The molecular formula is C15H23N3O3. The molecule has 0 aromatic heterocycles. The number of piperidine rings is 1. The van der Waals surface area contributed by atoms with Gasteiger partial charge in [0.25, 0.3) is 5.69 Å². The first-order valence-electron chi connectivity index (χ1n) is 7.49. The monoisotopic (exact) mass is 293 g/mol. The van der Waals surface area contributed by atoms with E-state index in [1.807, 2.05) is 0 Å². The average molecular weight is 293 g/mol. The summed E-state index contributed by atoms with van der Waals surface area (Å²) in [6.45, 7) is 4.69. The highest BCUT2D eigenvalue weighted by Crippen LogP contribution is 2.12. The van der Waals surface area contributed by atoms with Crippen molar-refractivity contribution in [3.05, 3.63) is 39.9 Å². The summed E-state index contributed by atoms with van der Waals surface area (Å²) in [6.07, 6.45) is 2.73. The van der Waals surface area contributed by atoms with Gasteiger partial charge in [0.05, 0.1) is 11.0 Å². The third-order valence-electron chi connectivity index (χ3n) is 3.86. The summed E-state index contributed by atoms with van der Waals surface area (Å²) in [5.74, 6) is 0. The number of rotatable bonds is 7. The molecule has 0 amide bonds. The number of aliphatic hydroxyl groups is 1. The van der Waals surface area contributed by atoms with Crippen LogP contribution in [0.3, 0.4) is 0 Å². The first kappa shape index (κ1) is 15.9. The van der Waals surface area contributed by atoms with Crippen molar-refractivity contribution in [1.82, 2.24) is 10.2 Å². The molecule has 0 saturated carbocycles. The van der Waals surface area contributed by atoms with Crippen molar-refractivity contribution >= 4 is 5.69 Å². The summed E-state index contributed by atoms with van der Waals surface area (Å²) < 4.78 is 0. The van der Waals surface area contributed by atoms with Crippen molar-refractivity contribution < 1.29 is 10.0 Å². The molecule has 0 spiro atoms. The maximum absolute atomic E-state index is 10.6. The SMILES string of the molecule is O=[N+]([O-])c1ccc(CNCCCN2CCC(O)CC2)cc1. The number of likely N-dealkylation sites (tertiary alicyclic amines) is 1. The van der Waals surface area contributed by atoms with Crippen molar-refractivity contribution in [2.24, 2.45) is 0 Å². The van der Waals surface area contributed by atoms with Gasteiger partial charge in [0.1, 0.15) is 0 Å². The van der Waals surface area contributed by atoms with Crippen LogP contribution in [-0.4, -0.2) is 47.2 Å². The van der Waals surface area contributed by atoms with Gasteiger partial charge in [-0.2, -0.15) is 0 Å². The molecule has 1 saturated heterocycles. The fraction of sp³-hybridized carbons (Fsp3) is 0.600. The standard InChI is InChI=1S/C15H23N3O3/c19-15-6-10-17(11-7-15)9-1-8-16-12-13-2-4-14(5-3-13)18(20)21/h2-5,15-16,19H,1,6-12H2. The fourth-order valence-corrected chi connectivity index (χ4v) is 2.54. The number of nitro benzene ring substituents is 1. The molecule has 1 aliphatic heterocycles. The molecule has 0 unspecified atom stereocenters. The Morgan fingerprint density at radius 2 is 1.95 bits per heavy atom. The Hall–Kier alpha value is -1.50. The van der Waals surface area contributed by atoms with E-state index >= 15 is 0 Å². The van der Waals surface area contributed by atoms with Crippen LogP contribution in [0.1, 0.15) is 24.8 Å². The number of aliphatic hydroxyl groups excluding tert-OH is 1. The molecule has 1 fully saturated rings. The Morgan fingerprint density at radius 3 is 2.57 bits per heavy atom. The van der Waals surface area contributed by atoms with Gasteiger partial charge in [-0.05, 0) is 37.9 Å². The molecule has 6 heteroatoms. The normalized spacial score (nSPS) is 17.0. The minimum Gasteiger partial charge on any atom is -0.393 e. The fourth-order valence-electron chi connectivity index (χ4n) is 2.54. The summed E-state index contributed by atoms with van der Waals surface area (Å²) in [7, 11) is 0. The van der Waals surface area contributed by atoms with E-state index in [0.29, 0.717) is 0 Å². The number of nitrogens with one attached hydrogen (secondary N) is 1. The second-order valence-corrected chi connectivity index (χ2v) is 5.53. The Kier molecular flexibility index (Phi) is 6.10. The Bertz CT molecular complexity index is 442. The lowest BCUT2D eigenvalue weighted by Gasteiger charge is -2.29. The number of nitro groups is 1. The summed E-state index contributed by atoms with van der Waals surface area (Å²) in [5.41, 5.74) is 1.19. The lowest BCUT2D eigenvalue weighted by Crippen LogP contribution is -2.37. The van der Waals surface area contributed by atoms with Crippen LogP contribution in [-0.2, 0) is 6.54 Å². The highest BCUT2D eigenvalue weighted by atomic mass is 16.6. The smallest absolute Gasteiger partial charge is 0.269 e. The quantitative estimate of drug-likeness (QED) is 0.453. The molecule has 21 heavy (non-hydrogen) atoms. The highest BCUT2D eigenvalue weighted by molar-refractivity contribution is 5.32. The van der Waals surface area contributed by atoms with Gasteiger partial charge in [0, 0.05) is 31.8 Å². The molecule has 2 rings (SSSR count). The summed E-state index contributed by atoms with van der Waals surface area (Å²) >= 11 is 0. The Labute approximate surface area is 124 Å². The van der Waals surface area contributed by atoms with Crippen LogP contribution in [0.25, 0.3) is 0 Å². The van der Waals surface area contributed by atoms with Crippen LogP contribution in [0.15, 0.2) is 24.3 Å². The van der Waals surface area contributed by atoms with Crippen molar-refractivity contribution in [1.29, 1.82) is 0 Å². The number of hydrogen-bond donors (Lipinski definition) is 2. The zero-order valence-corrected chi connectivity index (χ0v) is 12.2. The van der Waals surface area contributed by atoms with E-state index in [1.54, 1.807) is 12.1 Å². The molecule has 0 aliphatic carbocycles. The van der Waals surface area contributed by atoms with Crippen LogP contribution in [0.4, 0.5) is 5.69 Å². The molecule has 0 bridgehead atoms. The molecule has 0 atom stereocenters. The number of non-ortho nitro benzene ring substituents is 1. The second-order valence-electron chi connectivity index (χ2n) is 5.53. The average Bonchev–Trinajstić information content (AvgIpc) is 2.49. The molecular weight excluding hydrogens is 270 g/mol. The Morgan fingerprint density at radius 1 is 1.29 bits per heavy atom. The molecule has 116 valence electrons. The summed E-state index contributed by atoms with van der Waals surface area (Å²) in [5, 5.41) is 23.3. The van der Waals surface area contributed by atoms with Crippen molar-refractivity contribution in [2.75, 3.05) is 26.2 Å². The molecule has 1 heterocycles. The maximum atomic E-state index is 10.6. The minimum absolute atomic E-state index is 0.110. The molecule has 1 aromatic rings. The zero-order chi connectivity index (χ0) is 15.1. The van der Waals surface area contributed by atoms with Gasteiger partial charge in [0.2, 0.25) is 0 Å². The van der Waals surface area contributed by atoms with E-state index in [4.69, 9.17) is 0 Å². The van der Waals surface area contributed by atoms with E-state index in [1.165, 1.54) is 12.1 Å². The predicted octanol–water partition coefficient (Wildman–Crippen LogP) is 1.53. The largest absolute Gasteiger partial charge is 0.393 e. The van der Waals surface area contributed by atoms with Gasteiger partial charge >= 0.3 is 0 Å².